The van der Waals surface area contributed by atoms with Crippen molar-refractivity contribution in [2.45, 2.75) is 64.4 Å². The quantitative estimate of drug-likeness (QED) is 0.260. The highest BCUT2D eigenvalue weighted by Crippen LogP contribution is 2.27. The van der Waals surface area contributed by atoms with Crippen molar-refractivity contribution in [1.29, 1.82) is 0 Å². The van der Waals surface area contributed by atoms with Crippen molar-refractivity contribution < 1.29 is 51.3 Å². The predicted octanol–water partition coefficient (Wildman–Crippen LogP) is 4.81. The fourth-order valence-electron chi connectivity index (χ4n) is 4.66. The predicted molar refractivity (Wildman–Crippen MR) is 155 cm³/mol. The largest absolute Gasteiger partial charge is 0.497 e. The van der Waals surface area contributed by atoms with Crippen LogP contribution in [-0.2, 0) is 43.2 Å². The van der Waals surface area contributed by atoms with E-state index in [1.54, 1.807) is 6.07 Å². The molecule has 0 bridgehead atoms. The van der Waals surface area contributed by atoms with Crippen LogP contribution in [0, 0.1) is 5.92 Å². The van der Waals surface area contributed by atoms with Crippen LogP contribution < -0.4 is 10.2 Å². The van der Waals surface area contributed by atoms with Gasteiger partial charge in [0.1, 0.15) is 24.5 Å². The number of ether oxygens (including phenoxy) is 4. The zero-order chi connectivity index (χ0) is 33.4. The number of cyclic esters (lactones) is 1. The van der Waals surface area contributed by atoms with Gasteiger partial charge < -0.3 is 18.9 Å². The van der Waals surface area contributed by atoms with Gasteiger partial charge in [-0.3, -0.25) is 19.9 Å². The molecule has 14 heteroatoms. The number of hydrazine groups is 1. The van der Waals surface area contributed by atoms with E-state index < -0.39 is 67.3 Å². The second-order valence-electron chi connectivity index (χ2n) is 11.5. The number of hydrogen-bond acceptors (Lipinski definition) is 8. The van der Waals surface area contributed by atoms with Gasteiger partial charge in [-0.1, -0.05) is 36.4 Å². The second-order valence-corrected chi connectivity index (χ2v) is 11.5. The molecule has 0 saturated carbocycles. The van der Waals surface area contributed by atoms with Crippen LogP contribution >= 0.6 is 0 Å². The molecular weight excluding hydrogens is 599 g/mol. The summed E-state index contributed by atoms with van der Waals surface area (Å²) in [4.78, 5) is 51.8. The highest BCUT2D eigenvalue weighted by molar-refractivity contribution is 5.85. The van der Waals surface area contributed by atoms with Crippen LogP contribution in [0.1, 0.15) is 43.9 Å². The summed E-state index contributed by atoms with van der Waals surface area (Å²) in [6.07, 6.45) is -6.86. The molecule has 0 aliphatic carbocycles. The Morgan fingerprint density at radius 3 is 2.36 bits per heavy atom. The number of halogens is 3. The Labute approximate surface area is 259 Å². The minimum absolute atomic E-state index is 0.0258. The first-order valence-corrected chi connectivity index (χ1v) is 14.2. The van der Waals surface area contributed by atoms with Crippen LogP contribution in [0.2, 0.25) is 0 Å². The normalized spacial score (nSPS) is 15.6. The van der Waals surface area contributed by atoms with Crippen molar-refractivity contribution in [3.8, 4) is 5.75 Å². The molecule has 2 aromatic carbocycles. The second kappa shape index (κ2) is 15.0. The Morgan fingerprint density at radius 2 is 1.76 bits per heavy atom. The minimum Gasteiger partial charge on any atom is -0.497 e. The average molecular weight is 638 g/mol. The van der Waals surface area contributed by atoms with Crippen molar-refractivity contribution in [3.63, 3.8) is 0 Å². The molecule has 1 N–H and O–H groups in total. The summed E-state index contributed by atoms with van der Waals surface area (Å²) in [5.41, 5.74) is 3.00. The molecule has 3 rings (SSSR count). The third-order valence-electron chi connectivity index (χ3n) is 6.78. The first kappa shape index (κ1) is 35.0. The van der Waals surface area contributed by atoms with Gasteiger partial charge in [0.2, 0.25) is 5.91 Å². The van der Waals surface area contributed by atoms with E-state index >= 15 is 0 Å². The maximum atomic E-state index is 13.6. The Bertz CT molecular complexity index is 1350. The van der Waals surface area contributed by atoms with Crippen LogP contribution in [-0.4, -0.2) is 79.2 Å². The number of methoxy groups -OCH3 is 2. The maximum Gasteiger partial charge on any atom is 0.429 e. The molecule has 3 amide bonds. The molecule has 1 saturated heterocycles. The van der Waals surface area contributed by atoms with Crippen LogP contribution in [0.3, 0.4) is 0 Å². The lowest BCUT2D eigenvalue weighted by molar-refractivity contribution is -0.146. The summed E-state index contributed by atoms with van der Waals surface area (Å²) in [5.74, 6) is -2.25. The average Bonchev–Trinajstić information content (AvgIpc) is 3.29. The molecule has 11 nitrogen and oxygen atoms in total. The van der Waals surface area contributed by atoms with Crippen LogP contribution in [0.15, 0.2) is 48.5 Å². The van der Waals surface area contributed by atoms with E-state index in [4.69, 9.17) is 18.9 Å². The summed E-state index contributed by atoms with van der Waals surface area (Å²) < 4.78 is 61.0. The number of benzene rings is 2. The van der Waals surface area contributed by atoms with Gasteiger partial charge >= 0.3 is 24.3 Å². The smallest absolute Gasteiger partial charge is 0.429 e. The van der Waals surface area contributed by atoms with E-state index in [9.17, 15) is 32.3 Å². The number of alkyl halides is 3. The Morgan fingerprint density at radius 1 is 1.07 bits per heavy atom. The lowest BCUT2D eigenvalue weighted by atomic mass is 9.92. The highest BCUT2D eigenvalue weighted by atomic mass is 19.4. The molecule has 1 aliphatic heterocycles. The van der Waals surface area contributed by atoms with E-state index in [0.29, 0.717) is 22.6 Å². The highest BCUT2D eigenvalue weighted by Gasteiger charge is 2.38. The van der Waals surface area contributed by atoms with Gasteiger partial charge in [-0.05, 0) is 62.4 Å². The van der Waals surface area contributed by atoms with Gasteiger partial charge in [-0.25, -0.2) is 14.6 Å². The number of esters is 1. The molecule has 0 spiro atoms. The van der Waals surface area contributed by atoms with Gasteiger partial charge in [0.25, 0.3) is 0 Å². The van der Waals surface area contributed by atoms with E-state index in [2.05, 4.69) is 5.43 Å². The SMILES string of the molecule is COC(=O)C[C@H](Cc1ccc(OC)cc1CN(CC(F)(F)F)C(=O)OC(C)(C)C)C(=O)NN1C(=O)OC[C@H]1Cc1ccccc1. The summed E-state index contributed by atoms with van der Waals surface area (Å²) in [7, 11) is 2.52. The lowest BCUT2D eigenvalue weighted by Gasteiger charge is -2.29. The van der Waals surface area contributed by atoms with Gasteiger partial charge in [-0.15, -0.1) is 0 Å². The number of carbonyl (C=O) groups excluding carboxylic acids is 4. The van der Waals surface area contributed by atoms with E-state index in [1.807, 2.05) is 30.3 Å². The molecule has 1 aliphatic rings. The summed E-state index contributed by atoms with van der Waals surface area (Å²) >= 11 is 0. The number of rotatable bonds is 12. The molecule has 0 aromatic heterocycles. The van der Waals surface area contributed by atoms with Crippen LogP contribution in [0.25, 0.3) is 0 Å². The summed E-state index contributed by atoms with van der Waals surface area (Å²) in [6, 6.07) is 13.3. The Kier molecular flexibility index (Phi) is 11.7. The summed E-state index contributed by atoms with van der Waals surface area (Å²) in [6.45, 7) is 2.49. The van der Waals surface area contributed by atoms with Crippen molar-refractivity contribution in [3.05, 3.63) is 65.2 Å². The van der Waals surface area contributed by atoms with Crippen molar-refractivity contribution >= 4 is 24.1 Å². The zero-order valence-electron chi connectivity index (χ0n) is 25.8. The molecule has 246 valence electrons. The monoisotopic (exact) mass is 637 g/mol. The lowest BCUT2D eigenvalue weighted by Crippen LogP contribution is -2.51. The molecule has 1 heterocycles. The standard InChI is InChI=1S/C31H38F3N3O8/c1-30(2,3)45-28(40)36(19-31(32,33)34)17-23-15-25(42-4)12-11-21(23)14-22(16-26(38)43-5)27(39)35-37-24(18-44-29(37)41)13-20-9-7-6-8-10-20/h6-12,15,22,24H,13-14,16-19H2,1-5H3,(H,35,39)/t22-,24+/m0/s1. The topological polar surface area (TPSA) is 124 Å². The van der Waals surface area contributed by atoms with Crippen molar-refractivity contribution in [2.75, 3.05) is 27.4 Å². The number of hydrogen-bond donors (Lipinski definition) is 1. The molecule has 2 aromatic rings. The van der Waals surface area contributed by atoms with Gasteiger partial charge in [0.05, 0.1) is 32.6 Å². The van der Waals surface area contributed by atoms with Gasteiger partial charge in [0.15, 0.2) is 0 Å². The van der Waals surface area contributed by atoms with E-state index in [1.165, 1.54) is 40.0 Å². The Balaban J connectivity index is 1.90. The third kappa shape index (κ3) is 10.9. The third-order valence-corrected chi connectivity index (χ3v) is 6.78. The number of nitrogens with one attached hydrogen (secondary N) is 1. The van der Waals surface area contributed by atoms with Crippen LogP contribution in [0.4, 0.5) is 22.8 Å². The molecule has 45 heavy (non-hydrogen) atoms. The van der Waals surface area contributed by atoms with Gasteiger partial charge in [0, 0.05) is 6.54 Å². The number of amides is 3. The first-order chi connectivity index (χ1) is 21.1. The number of carbonyl (C=O) groups is 4. The van der Waals surface area contributed by atoms with Crippen molar-refractivity contribution in [2.24, 2.45) is 5.92 Å². The van der Waals surface area contributed by atoms with E-state index in [0.717, 1.165) is 17.7 Å². The van der Waals surface area contributed by atoms with E-state index in [-0.39, 0.29) is 18.6 Å². The molecule has 0 radical (unpaired) electrons. The fourth-order valence-corrected chi connectivity index (χ4v) is 4.66. The minimum atomic E-state index is -4.73. The molecule has 0 unspecified atom stereocenters. The maximum absolute atomic E-state index is 13.6. The zero-order valence-corrected chi connectivity index (χ0v) is 25.8. The van der Waals surface area contributed by atoms with Gasteiger partial charge in [-0.2, -0.15) is 13.2 Å². The van der Waals surface area contributed by atoms with Crippen molar-refractivity contribution in [1.82, 2.24) is 15.3 Å². The summed E-state index contributed by atoms with van der Waals surface area (Å²) in [5, 5.41) is 1.07. The Hall–Kier alpha value is -4.49. The molecule has 1 fully saturated rings. The molecular formula is C31H38F3N3O8. The van der Waals surface area contributed by atoms with Crippen LogP contribution in [0.5, 0.6) is 5.75 Å². The number of nitrogens with zero attached hydrogens (tertiary/aromatic N) is 2. The molecule has 2 atom stereocenters. The fraction of sp³-hybridized carbons (Fsp3) is 0.484. The first-order valence-electron chi connectivity index (χ1n) is 14.2.